The second-order valence-corrected chi connectivity index (χ2v) is 7.13. The van der Waals surface area contributed by atoms with Crippen LogP contribution in [0.25, 0.3) is 0 Å². The molecule has 1 aromatic rings. The molecular formula is C16H26O3. The third-order valence-corrected chi connectivity index (χ3v) is 3.22. The molecule has 3 heteroatoms. The van der Waals surface area contributed by atoms with Crippen LogP contribution in [0.2, 0.25) is 0 Å². The van der Waals surface area contributed by atoms with Gasteiger partial charge in [0, 0.05) is 0 Å². The molecule has 0 radical (unpaired) electrons. The maximum absolute atomic E-state index is 9.96. The Morgan fingerprint density at radius 2 is 1.68 bits per heavy atom. The van der Waals surface area contributed by atoms with Crippen molar-refractivity contribution < 1.29 is 14.9 Å². The fourth-order valence-electron chi connectivity index (χ4n) is 1.51. The predicted molar refractivity (Wildman–Crippen MR) is 77.8 cm³/mol. The van der Waals surface area contributed by atoms with E-state index in [0.717, 1.165) is 5.56 Å². The predicted octanol–water partition coefficient (Wildman–Crippen LogP) is 3.48. The largest absolute Gasteiger partial charge is 0.504 e. The van der Waals surface area contributed by atoms with Crippen molar-refractivity contribution in [3.05, 3.63) is 23.8 Å². The maximum atomic E-state index is 9.96. The molecule has 0 saturated carbocycles. The molecule has 2 N–H and O–H groups in total. The highest BCUT2D eigenvalue weighted by atomic mass is 16.5. The summed E-state index contributed by atoms with van der Waals surface area (Å²) in [5, 5.41) is 19.8. The van der Waals surface area contributed by atoms with Crippen molar-refractivity contribution in [2.24, 2.45) is 5.41 Å². The van der Waals surface area contributed by atoms with Crippen LogP contribution in [-0.2, 0) is 5.41 Å². The van der Waals surface area contributed by atoms with E-state index >= 15 is 0 Å². The van der Waals surface area contributed by atoms with Gasteiger partial charge in [0.1, 0.15) is 6.61 Å². The minimum absolute atomic E-state index is 0.00550. The van der Waals surface area contributed by atoms with Crippen LogP contribution in [0.1, 0.15) is 47.1 Å². The Balaban J connectivity index is 2.84. The van der Waals surface area contributed by atoms with Crippen molar-refractivity contribution in [1.29, 1.82) is 0 Å². The van der Waals surface area contributed by atoms with Gasteiger partial charge in [0.05, 0.1) is 6.10 Å². The molecule has 0 unspecified atom stereocenters. The van der Waals surface area contributed by atoms with Crippen LogP contribution in [0, 0.1) is 5.41 Å². The van der Waals surface area contributed by atoms with Crippen LogP contribution in [0.5, 0.6) is 11.5 Å². The van der Waals surface area contributed by atoms with E-state index in [4.69, 9.17) is 4.74 Å². The summed E-state index contributed by atoms with van der Waals surface area (Å²) < 4.78 is 5.56. The molecule has 1 aromatic carbocycles. The Morgan fingerprint density at radius 1 is 1.11 bits per heavy atom. The Hall–Kier alpha value is -1.22. The van der Waals surface area contributed by atoms with E-state index in [2.05, 4.69) is 20.8 Å². The lowest BCUT2D eigenvalue weighted by Gasteiger charge is -2.26. The van der Waals surface area contributed by atoms with Crippen LogP contribution >= 0.6 is 0 Å². The lowest BCUT2D eigenvalue weighted by molar-refractivity contribution is 0.0211. The van der Waals surface area contributed by atoms with Gasteiger partial charge in [0.15, 0.2) is 11.5 Å². The maximum Gasteiger partial charge on any atom is 0.161 e. The molecule has 0 heterocycles. The molecule has 0 aliphatic carbocycles. The summed E-state index contributed by atoms with van der Waals surface area (Å²) in [5.41, 5.74) is 0.844. The summed E-state index contributed by atoms with van der Waals surface area (Å²) in [5.74, 6) is 0.532. The first-order chi connectivity index (χ1) is 8.51. The minimum atomic E-state index is -0.579. The van der Waals surface area contributed by atoms with Crippen molar-refractivity contribution in [3.8, 4) is 11.5 Å². The van der Waals surface area contributed by atoms with Gasteiger partial charge in [0.2, 0.25) is 0 Å². The third kappa shape index (κ3) is 4.43. The lowest BCUT2D eigenvalue weighted by atomic mass is 9.87. The molecule has 0 fully saturated rings. The number of aliphatic hydroxyl groups excluding tert-OH is 1. The second kappa shape index (κ2) is 5.41. The summed E-state index contributed by atoms with van der Waals surface area (Å²) in [6.45, 7) is 12.3. The number of aromatic hydroxyl groups is 1. The van der Waals surface area contributed by atoms with Gasteiger partial charge in [-0.1, -0.05) is 47.6 Å². The van der Waals surface area contributed by atoms with Crippen molar-refractivity contribution >= 4 is 0 Å². The van der Waals surface area contributed by atoms with Gasteiger partial charge in [-0.15, -0.1) is 0 Å². The molecule has 0 saturated heterocycles. The molecule has 3 nitrogen and oxygen atoms in total. The summed E-state index contributed by atoms with van der Waals surface area (Å²) in [4.78, 5) is 0. The van der Waals surface area contributed by atoms with Gasteiger partial charge < -0.3 is 14.9 Å². The highest BCUT2D eigenvalue weighted by molar-refractivity contribution is 5.43. The van der Waals surface area contributed by atoms with Crippen LogP contribution < -0.4 is 4.74 Å². The van der Waals surface area contributed by atoms with Gasteiger partial charge in [0.25, 0.3) is 0 Å². The molecule has 1 rings (SSSR count). The van der Waals surface area contributed by atoms with Crippen LogP contribution in [0.3, 0.4) is 0 Å². The quantitative estimate of drug-likeness (QED) is 0.880. The molecule has 108 valence electrons. The Bertz CT molecular complexity index is 425. The molecular weight excluding hydrogens is 240 g/mol. The molecule has 0 aliphatic rings. The number of aliphatic hydroxyl groups is 1. The first kappa shape index (κ1) is 15.8. The first-order valence-electron chi connectivity index (χ1n) is 6.66. The van der Waals surface area contributed by atoms with Gasteiger partial charge in [-0.2, -0.15) is 0 Å². The van der Waals surface area contributed by atoms with Crippen LogP contribution in [-0.4, -0.2) is 22.9 Å². The smallest absolute Gasteiger partial charge is 0.161 e. The highest BCUT2D eigenvalue weighted by Gasteiger charge is 2.23. The molecule has 0 bridgehead atoms. The van der Waals surface area contributed by atoms with Gasteiger partial charge >= 0.3 is 0 Å². The van der Waals surface area contributed by atoms with Gasteiger partial charge in [-0.25, -0.2) is 0 Å². The number of hydrogen-bond donors (Lipinski definition) is 2. The zero-order valence-corrected chi connectivity index (χ0v) is 12.8. The van der Waals surface area contributed by atoms with E-state index in [0.29, 0.717) is 5.75 Å². The molecule has 0 aromatic heterocycles. The zero-order valence-electron chi connectivity index (χ0n) is 12.8. The van der Waals surface area contributed by atoms with Gasteiger partial charge in [-0.05, 0) is 28.5 Å². The van der Waals surface area contributed by atoms with E-state index in [1.807, 2.05) is 32.9 Å². The molecule has 0 aliphatic heterocycles. The van der Waals surface area contributed by atoms with Crippen molar-refractivity contribution in [2.75, 3.05) is 6.61 Å². The summed E-state index contributed by atoms with van der Waals surface area (Å²) in [6.07, 6.45) is -0.579. The number of ether oxygens (including phenoxy) is 1. The van der Waals surface area contributed by atoms with E-state index in [1.54, 1.807) is 6.07 Å². The first-order valence-corrected chi connectivity index (χ1v) is 6.66. The Kier molecular flexibility index (Phi) is 4.51. The van der Waals surface area contributed by atoms with Crippen molar-refractivity contribution in [1.82, 2.24) is 0 Å². The summed E-state index contributed by atoms with van der Waals surface area (Å²) >= 11 is 0. The number of rotatable bonds is 3. The fraction of sp³-hybridized carbons (Fsp3) is 0.625. The normalized spacial score (nSPS) is 14.3. The summed E-state index contributed by atoms with van der Waals surface area (Å²) in [7, 11) is 0. The Morgan fingerprint density at radius 3 is 2.16 bits per heavy atom. The van der Waals surface area contributed by atoms with Crippen LogP contribution in [0.4, 0.5) is 0 Å². The average Bonchev–Trinajstić information content (AvgIpc) is 2.24. The van der Waals surface area contributed by atoms with E-state index in [-0.39, 0.29) is 23.2 Å². The van der Waals surface area contributed by atoms with Crippen molar-refractivity contribution in [2.45, 2.75) is 53.1 Å². The monoisotopic (exact) mass is 266 g/mol. The summed E-state index contributed by atoms with van der Waals surface area (Å²) in [6, 6.07) is 5.37. The molecule has 0 amide bonds. The SMILES string of the molecule is CC(C)(C)c1ccc(O)c(OC[C@H](O)C(C)(C)C)c1. The van der Waals surface area contributed by atoms with E-state index < -0.39 is 6.10 Å². The standard InChI is InChI=1S/C16H26O3/c1-15(2,3)11-7-8-12(17)13(9-11)19-10-14(18)16(4,5)6/h7-9,14,17-18H,10H2,1-6H3/t14-/m0/s1. The zero-order chi connectivity index (χ0) is 14.8. The number of hydrogen-bond acceptors (Lipinski definition) is 3. The lowest BCUT2D eigenvalue weighted by Crippen LogP contribution is -2.32. The highest BCUT2D eigenvalue weighted by Crippen LogP contribution is 2.33. The number of benzene rings is 1. The topological polar surface area (TPSA) is 49.7 Å². The van der Waals surface area contributed by atoms with Gasteiger partial charge in [-0.3, -0.25) is 0 Å². The molecule has 19 heavy (non-hydrogen) atoms. The fourth-order valence-corrected chi connectivity index (χ4v) is 1.51. The number of phenols is 1. The minimum Gasteiger partial charge on any atom is -0.504 e. The van der Waals surface area contributed by atoms with E-state index in [9.17, 15) is 10.2 Å². The van der Waals surface area contributed by atoms with E-state index in [1.165, 1.54) is 0 Å². The van der Waals surface area contributed by atoms with Crippen LogP contribution in [0.15, 0.2) is 18.2 Å². The third-order valence-electron chi connectivity index (χ3n) is 3.22. The average molecular weight is 266 g/mol. The molecule has 0 spiro atoms. The van der Waals surface area contributed by atoms with Crippen molar-refractivity contribution in [3.63, 3.8) is 0 Å². The molecule has 1 atom stereocenters. The number of phenolic OH excluding ortho intramolecular Hbond substituents is 1. The second-order valence-electron chi connectivity index (χ2n) is 7.13. The Labute approximate surface area is 116 Å².